The van der Waals surface area contributed by atoms with Crippen molar-refractivity contribution in [1.29, 1.82) is 0 Å². The predicted molar refractivity (Wildman–Crippen MR) is 55.1 cm³/mol. The smallest absolute Gasteiger partial charge is 0.0727 e. The zero-order chi connectivity index (χ0) is 9.10. The lowest BCUT2D eigenvalue weighted by atomic mass is 10.1. The lowest BCUT2D eigenvalue weighted by Gasteiger charge is -2.10. The molecule has 0 saturated carbocycles. The molecule has 2 nitrogen and oxygen atoms in total. The Kier molecular flexibility index (Phi) is 2.98. The Morgan fingerprint density at radius 3 is 3.23 bits per heavy atom. The topological polar surface area (TPSA) is 35.2 Å². The van der Waals surface area contributed by atoms with Crippen LogP contribution < -0.4 is 5.73 Å². The third-order valence-electron chi connectivity index (χ3n) is 2.31. The van der Waals surface area contributed by atoms with Crippen molar-refractivity contribution in [3.05, 3.63) is 21.4 Å². The Morgan fingerprint density at radius 1 is 1.54 bits per heavy atom. The number of nitrogens with two attached hydrogens (primary N) is 1. The van der Waals surface area contributed by atoms with E-state index >= 15 is 0 Å². The highest BCUT2D eigenvalue weighted by molar-refractivity contribution is 7.12. The quantitative estimate of drug-likeness (QED) is 0.800. The van der Waals surface area contributed by atoms with Gasteiger partial charge >= 0.3 is 0 Å². The molecule has 0 bridgehead atoms. The molecule has 0 aromatic carbocycles. The molecule has 1 aromatic heterocycles. The molecule has 1 aliphatic rings. The molecule has 0 radical (unpaired) electrons. The van der Waals surface area contributed by atoms with Crippen molar-refractivity contribution < 1.29 is 4.74 Å². The van der Waals surface area contributed by atoms with Crippen LogP contribution in [-0.4, -0.2) is 13.2 Å². The van der Waals surface area contributed by atoms with E-state index in [1.807, 2.05) is 11.3 Å². The zero-order valence-corrected chi connectivity index (χ0v) is 8.53. The molecule has 1 aliphatic heterocycles. The number of thiophene rings is 1. The molecule has 13 heavy (non-hydrogen) atoms. The van der Waals surface area contributed by atoms with Crippen LogP contribution in [0.5, 0.6) is 0 Å². The molecule has 0 fully saturated rings. The summed E-state index contributed by atoms with van der Waals surface area (Å²) in [5.41, 5.74) is 6.88. The van der Waals surface area contributed by atoms with E-state index in [0.717, 1.165) is 39.0 Å². The highest BCUT2D eigenvalue weighted by atomic mass is 32.1. The lowest BCUT2D eigenvalue weighted by Crippen LogP contribution is -2.05. The number of rotatable bonds is 3. The number of aryl methyl sites for hydroxylation is 1. The zero-order valence-electron chi connectivity index (χ0n) is 7.71. The average Bonchev–Trinajstić information content (AvgIpc) is 2.57. The fourth-order valence-electron chi connectivity index (χ4n) is 1.61. The van der Waals surface area contributed by atoms with Crippen molar-refractivity contribution in [3.8, 4) is 0 Å². The van der Waals surface area contributed by atoms with Gasteiger partial charge in [0.25, 0.3) is 0 Å². The Morgan fingerprint density at radius 2 is 2.46 bits per heavy atom. The van der Waals surface area contributed by atoms with Crippen LogP contribution in [0.4, 0.5) is 0 Å². The molecule has 2 N–H and O–H groups in total. The van der Waals surface area contributed by atoms with Gasteiger partial charge in [-0.25, -0.2) is 0 Å². The van der Waals surface area contributed by atoms with Crippen LogP contribution in [0.1, 0.15) is 21.7 Å². The Hall–Kier alpha value is -0.380. The van der Waals surface area contributed by atoms with Crippen molar-refractivity contribution >= 4 is 11.3 Å². The standard InChI is InChI=1S/C10H15NOS/c11-4-1-2-9-6-8-7-12-5-3-10(8)13-9/h6H,1-5,7,11H2. The first-order valence-electron chi connectivity index (χ1n) is 4.78. The van der Waals surface area contributed by atoms with Crippen molar-refractivity contribution in [2.75, 3.05) is 13.2 Å². The lowest BCUT2D eigenvalue weighted by molar-refractivity contribution is 0.112. The number of hydrogen-bond donors (Lipinski definition) is 1. The summed E-state index contributed by atoms with van der Waals surface area (Å²) in [6, 6.07) is 2.29. The minimum atomic E-state index is 0.791. The van der Waals surface area contributed by atoms with Crippen LogP contribution in [0, 0.1) is 0 Å². The summed E-state index contributed by atoms with van der Waals surface area (Å²) in [7, 11) is 0. The fourth-order valence-corrected chi connectivity index (χ4v) is 2.81. The molecule has 0 atom stereocenters. The minimum absolute atomic E-state index is 0.791. The van der Waals surface area contributed by atoms with Gasteiger partial charge in [-0.05, 0) is 31.0 Å². The highest BCUT2D eigenvalue weighted by Crippen LogP contribution is 2.27. The number of ether oxygens (including phenoxy) is 1. The van der Waals surface area contributed by atoms with Gasteiger partial charge in [-0.3, -0.25) is 0 Å². The van der Waals surface area contributed by atoms with E-state index in [1.165, 1.54) is 15.3 Å². The van der Waals surface area contributed by atoms with Crippen LogP contribution in [0.25, 0.3) is 0 Å². The Labute approximate surface area is 82.7 Å². The van der Waals surface area contributed by atoms with Crippen molar-refractivity contribution in [2.24, 2.45) is 5.73 Å². The van der Waals surface area contributed by atoms with Gasteiger partial charge < -0.3 is 10.5 Å². The SMILES string of the molecule is NCCCc1cc2c(s1)CCOC2. The van der Waals surface area contributed by atoms with E-state index in [4.69, 9.17) is 10.5 Å². The average molecular weight is 197 g/mol. The maximum absolute atomic E-state index is 5.48. The Bertz CT molecular complexity index is 259. The van der Waals surface area contributed by atoms with Crippen molar-refractivity contribution in [3.63, 3.8) is 0 Å². The first-order valence-corrected chi connectivity index (χ1v) is 5.60. The molecule has 2 rings (SSSR count). The summed E-state index contributed by atoms with van der Waals surface area (Å²) < 4.78 is 5.40. The van der Waals surface area contributed by atoms with E-state index in [2.05, 4.69) is 6.07 Å². The summed E-state index contributed by atoms with van der Waals surface area (Å²) in [4.78, 5) is 3.00. The molecule has 0 aliphatic carbocycles. The van der Waals surface area contributed by atoms with Crippen LogP contribution in [0.15, 0.2) is 6.07 Å². The Balaban J connectivity index is 2.07. The first kappa shape index (κ1) is 9.19. The predicted octanol–water partition coefficient (Wildman–Crippen LogP) is 1.71. The monoisotopic (exact) mass is 197 g/mol. The molecule has 1 aromatic rings. The van der Waals surface area contributed by atoms with E-state index in [1.54, 1.807) is 0 Å². The van der Waals surface area contributed by atoms with Gasteiger partial charge in [-0.15, -0.1) is 11.3 Å². The molecule has 0 saturated heterocycles. The van der Waals surface area contributed by atoms with Gasteiger partial charge in [0.15, 0.2) is 0 Å². The molecule has 0 unspecified atom stereocenters. The van der Waals surface area contributed by atoms with Gasteiger partial charge in [0.2, 0.25) is 0 Å². The van der Waals surface area contributed by atoms with Crippen LogP contribution >= 0.6 is 11.3 Å². The van der Waals surface area contributed by atoms with Gasteiger partial charge in [0.1, 0.15) is 0 Å². The summed E-state index contributed by atoms with van der Waals surface area (Å²) in [5, 5.41) is 0. The summed E-state index contributed by atoms with van der Waals surface area (Å²) in [5.74, 6) is 0. The van der Waals surface area contributed by atoms with Crippen LogP contribution in [-0.2, 0) is 24.2 Å². The first-order chi connectivity index (χ1) is 6.40. The van der Waals surface area contributed by atoms with Gasteiger partial charge in [0.05, 0.1) is 13.2 Å². The van der Waals surface area contributed by atoms with Gasteiger partial charge in [-0.1, -0.05) is 0 Å². The molecule has 3 heteroatoms. The third kappa shape index (κ3) is 2.10. The van der Waals surface area contributed by atoms with Gasteiger partial charge in [-0.2, -0.15) is 0 Å². The summed E-state index contributed by atoms with van der Waals surface area (Å²) in [6.45, 7) is 2.50. The molecule has 72 valence electrons. The second-order valence-electron chi connectivity index (χ2n) is 3.36. The third-order valence-corrected chi connectivity index (χ3v) is 3.60. The van der Waals surface area contributed by atoms with Gasteiger partial charge in [0, 0.05) is 16.2 Å². The summed E-state index contributed by atoms with van der Waals surface area (Å²) >= 11 is 1.94. The second kappa shape index (κ2) is 4.22. The second-order valence-corrected chi connectivity index (χ2v) is 4.58. The van der Waals surface area contributed by atoms with E-state index in [9.17, 15) is 0 Å². The van der Waals surface area contributed by atoms with E-state index in [0.29, 0.717) is 0 Å². The largest absolute Gasteiger partial charge is 0.376 e. The number of fused-ring (bicyclic) bond motifs is 1. The molecule has 0 amide bonds. The maximum atomic E-state index is 5.48. The van der Waals surface area contributed by atoms with Crippen molar-refractivity contribution in [2.45, 2.75) is 25.9 Å². The van der Waals surface area contributed by atoms with E-state index in [-0.39, 0.29) is 0 Å². The molecular formula is C10H15NOS. The molecular weight excluding hydrogens is 182 g/mol. The molecule has 2 heterocycles. The number of hydrogen-bond acceptors (Lipinski definition) is 3. The summed E-state index contributed by atoms with van der Waals surface area (Å²) in [6.07, 6.45) is 3.33. The highest BCUT2D eigenvalue weighted by Gasteiger charge is 2.12. The fraction of sp³-hybridized carbons (Fsp3) is 0.600. The normalized spacial score (nSPS) is 15.8. The van der Waals surface area contributed by atoms with Crippen LogP contribution in [0.2, 0.25) is 0 Å². The maximum Gasteiger partial charge on any atom is 0.0727 e. The minimum Gasteiger partial charge on any atom is -0.376 e. The van der Waals surface area contributed by atoms with Crippen molar-refractivity contribution in [1.82, 2.24) is 0 Å². The van der Waals surface area contributed by atoms with E-state index < -0.39 is 0 Å². The van der Waals surface area contributed by atoms with Crippen LogP contribution in [0.3, 0.4) is 0 Å². The molecule has 0 spiro atoms.